The van der Waals surface area contributed by atoms with Crippen molar-refractivity contribution in [2.75, 3.05) is 0 Å². The van der Waals surface area contributed by atoms with Crippen LogP contribution < -0.4 is 0 Å². The van der Waals surface area contributed by atoms with Gasteiger partial charge in [0.2, 0.25) is 0 Å². The van der Waals surface area contributed by atoms with Crippen LogP contribution in [0.25, 0.3) is 0 Å². The SMILES string of the molecule is C#CCC(CC=CC)(CCC)[C](C)C. The van der Waals surface area contributed by atoms with Crippen molar-refractivity contribution in [2.24, 2.45) is 5.41 Å². The molecule has 0 heterocycles. The molecule has 79 valence electrons. The van der Waals surface area contributed by atoms with Crippen molar-refractivity contribution < 1.29 is 0 Å². The van der Waals surface area contributed by atoms with Crippen LogP contribution in [0.1, 0.15) is 53.4 Å². The summed E-state index contributed by atoms with van der Waals surface area (Å²) in [5.74, 6) is 4.30. The summed E-state index contributed by atoms with van der Waals surface area (Å²) in [6, 6.07) is 0. The van der Waals surface area contributed by atoms with Gasteiger partial charge in [0.15, 0.2) is 0 Å². The minimum atomic E-state index is 0.246. The summed E-state index contributed by atoms with van der Waals surface area (Å²) < 4.78 is 0. The molecule has 0 heteroatoms. The Hall–Kier alpha value is -0.700. The molecule has 0 amide bonds. The maximum absolute atomic E-state index is 5.47. The van der Waals surface area contributed by atoms with E-state index in [1.54, 1.807) is 0 Å². The monoisotopic (exact) mass is 191 g/mol. The highest BCUT2D eigenvalue weighted by molar-refractivity contribution is 5.09. The third-order valence-corrected chi connectivity index (χ3v) is 2.97. The highest BCUT2D eigenvalue weighted by Crippen LogP contribution is 2.41. The van der Waals surface area contributed by atoms with E-state index in [2.05, 4.69) is 45.8 Å². The predicted octanol–water partition coefficient (Wildman–Crippen LogP) is 4.38. The highest BCUT2D eigenvalue weighted by Gasteiger charge is 2.30. The van der Waals surface area contributed by atoms with E-state index in [1.165, 1.54) is 18.8 Å². The van der Waals surface area contributed by atoms with Gasteiger partial charge in [-0.1, -0.05) is 39.3 Å². The van der Waals surface area contributed by atoms with Gasteiger partial charge in [0.05, 0.1) is 0 Å². The van der Waals surface area contributed by atoms with Crippen molar-refractivity contribution >= 4 is 0 Å². The Labute approximate surface area is 89.8 Å². The van der Waals surface area contributed by atoms with Crippen LogP contribution >= 0.6 is 0 Å². The number of hydrogen-bond acceptors (Lipinski definition) is 0. The second-order valence-corrected chi connectivity index (χ2v) is 4.18. The first kappa shape index (κ1) is 13.3. The lowest BCUT2D eigenvalue weighted by Crippen LogP contribution is -2.24. The summed E-state index contributed by atoms with van der Waals surface area (Å²) >= 11 is 0. The fourth-order valence-corrected chi connectivity index (χ4v) is 1.91. The molecule has 0 bridgehead atoms. The Morgan fingerprint density at radius 3 is 2.43 bits per heavy atom. The maximum Gasteiger partial charge on any atom is 0.0151 e. The van der Waals surface area contributed by atoms with Gasteiger partial charge in [-0.05, 0) is 31.1 Å². The molecule has 1 radical (unpaired) electrons. The summed E-state index contributed by atoms with van der Waals surface area (Å²) in [5.41, 5.74) is 0.246. The van der Waals surface area contributed by atoms with Gasteiger partial charge in [-0.15, -0.1) is 12.3 Å². The molecule has 0 rings (SSSR count). The van der Waals surface area contributed by atoms with Gasteiger partial charge >= 0.3 is 0 Å². The lowest BCUT2D eigenvalue weighted by atomic mass is 9.69. The topological polar surface area (TPSA) is 0 Å². The molecule has 0 spiro atoms. The molecule has 0 aliphatic rings. The number of allylic oxidation sites excluding steroid dienone is 2. The third kappa shape index (κ3) is 3.58. The lowest BCUT2D eigenvalue weighted by molar-refractivity contribution is 0.290. The molecule has 1 atom stereocenters. The van der Waals surface area contributed by atoms with Crippen molar-refractivity contribution in [3.63, 3.8) is 0 Å². The van der Waals surface area contributed by atoms with Crippen molar-refractivity contribution in [3.05, 3.63) is 18.1 Å². The van der Waals surface area contributed by atoms with Crippen LogP contribution in [0.15, 0.2) is 12.2 Å². The molecule has 1 unspecified atom stereocenters. The molecule has 0 aromatic heterocycles. The molecule has 0 N–H and O–H groups in total. The Bertz CT molecular complexity index is 205. The Morgan fingerprint density at radius 2 is 2.07 bits per heavy atom. The first-order valence-corrected chi connectivity index (χ1v) is 5.48. The summed E-state index contributed by atoms with van der Waals surface area (Å²) in [6.07, 6.45) is 14.2. The van der Waals surface area contributed by atoms with Crippen molar-refractivity contribution in [2.45, 2.75) is 53.4 Å². The number of hydrogen-bond donors (Lipinski definition) is 0. The van der Waals surface area contributed by atoms with Crippen LogP contribution in [-0.4, -0.2) is 0 Å². The fraction of sp³-hybridized carbons (Fsp3) is 0.643. The standard InChI is InChI=1S/C14H23/c1-6-9-12-14(10-7-2,11-8-3)13(4)5/h2,6,9H,8,10-12H2,1,3-5H3. The first-order valence-electron chi connectivity index (χ1n) is 5.48. The summed E-state index contributed by atoms with van der Waals surface area (Å²) in [5, 5.41) is 0. The second-order valence-electron chi connectivity index (χ2n) is 4.18. The summed E-state index contributed by atoms with van der Waals surface area (Å²) in [7, 11) is 0. The average molecular weight is 191 g/mol. The normalized spacial score (nSPS) is 15.7. The zero-order chi connectivity index (χ0) is 11.0. The van der Waals surface area contributed by atoms with E-state index in [4.69, 9.17) is 6.42 Å². The van der Waals surface area contributed by atoms with Crippen molar-refractivity contribution in [3.8, 4) is 12.3 Å². The molecule has 0 aliphatic heterocycles. The van der Waals surface area contributed by atoms with Crippen LogP contribution in [0, 0.1) is 23.7 Å². The zero-order valence-electron chi connectivity index (χ0n) is 10.1. The smallest absolute Gasteiger partial charge is 0.0151 e. The molecule has 0 aliphatic carbocycles. The Balaban J connectivity index is 4.65. The predicted molar refractivity (Wildman–Crippen MR) is 64.8 cm³/mol. The third-order valence-electron chi connectivity index (χ3n) is 2.97. The molecule has 0 fully saturated rings. The van der Waals surface area contributed by atoms with Gasteiger partial charge in [-0.25, -0.2) is 0 Å². The molecule has 0 saturated carbocycles. The van der Waals surface area contributed by atoms with Crippen LogP contribution in [-0.2, 0) is 0 Å². The van der Waals surface area contributed by atoms with Gasteiger partial charge in [0, 0.05) is 6.42 Å². The fourth-order valence-electron chi connectivity index (χ4n) is 1.91. The van der Waals surface area contributed by atoms with Crippen molar-refractivity contribution in [1.82, 2.24) is 0 Å². The molecule has 0 aromatic carbocycles. The van der Waals surface area contributed by atoms with E-state index in [9.17, 15) is 0 Å². The van der Waals surface area contributed by atoms with Gasteiger partial charge < -0.3 is 0 Å². The van der Waals surface area contributed by atoms with E-state index in [0.717, 1.165) is 12.8 Å². The van der Waals surface area contributed by atoms with E-state index in [0.29, 0.717) is 0 Å². The van der Waals surface area contributed by atoms with Crippen LogP contribution in [0.5, 0.6) is 0 Å². The first-order chi connectivity index (χ1) is 6.63. The highest BCUT2D eigenvalue weighted by atomic mass is 14.3. The van der Waals surface area contributed by atoms with E-state index >= 15 is 0 Å². The molecular weight excluding hydrogens is 168 g/mol. The van der Waals surface area contributed by atoms with Gasteiger partial charge in [0.25, 0.3) is 0 Å². The zero-order valence-corrected chi connectivity index (χ0v) is 10.1. The number of rotatable bonds is 6. The molecular formula is C14H23. The molecule has 14 heavy (non-hydrogen) atoms. The molecule has 0 aromatic rings. The van der Waals surface area contributed by atoms with E-state index in [-0.39, 0.29) is 5.41 Å². The number of terminal acetylenes is 1. The summed E-state index contributed by atoms with van der Waals surface area (Å²) in [4.78, 5) is 0. The largest absolute Gasteiger partial charge is 0.120 e. The second kappa shape index (κ2) is 6.71. The van der Waals surface area contributed by atoms with E-state index in [1.807, 2.05) is 0 Å². The minimum Gasteiger partial charge on any atom is -0.120 e. The van der Waals surface area contributed by atoms with Crippen LogP contribution in [0.2, 0.25) is 0 Å². The lowest BCUT2D eigenvalue weighted by Gasteiger charge is -2.35. The maximum atomic E-state index is 5.47. The van der Waals surface area contributed by atoms with Gasteiger partial charge in [-0.3, -0.25) is 0 Å². The molecule has 0 nitrogen and oxygen atoms in total. The Kier molecular flexibility index (Phi) is 6.37. The van der Waals surface area contributed by atoms with Crippen molar-refractivity contribution in [1.29, 1.82) is 0 Å². The Morgan fingerprint density at radius 1 is 1.43 bits per heavy atom. The van der Waals surface area contributed by atoms with Gasteiger partial charge in [-0.2, -0.15) is 0 Å². The average Bonchev–Trinajstić information content (AvgIpc) is 2.14. The molecule has 0 saturated heterocycles. The summed E-state index contributed by atoms with van der Waals surface area (Å²) in [6.45, 7) is 8.70. The minimum absolute atomic E-state index is 0.246. The quantitative estimate of drug-likeness (QED) is 0.432. The van der Waals surface area contributed by atoms with Crippen LogP contribution in [0.4, 0.5) is 0 Å². The van der Waals surface area contributed by atoms with E-state index < -0.39 is 0 Å². The van der Waals surface area contributed by atoms with Gasteiger partial charge in [0.1, 0.15) is 0 Å². The van der Waals surface area contributed by atoms with Crippen LogP contribution in [0.3, 0.4) is 0 Å².